The van der Waals surface area contributed by atoms with E-state index in [1.165, 1.54) is 0 Å². The van der Waals surface area contributed by atoms with Gasteiger partial charge >= 0.3 is 0 Å². The Hall–Kier alpha value is -0.890. The van der Waals surface area contributed by atoms with Crippen LogP contribution in [0.4, 0.5) is 4.39 Å². The van der Waals surface area contributed by atoms with E-state index < -0.39 is 0 Å². The van der Waals surface area contributed by atoms with E-state index in [1.807, 2.05) is 13.0 Å². The summed E-state index contributed by atoms with van der Waals surface area (Å²) >= 11 is 0. The maximum atomic E-state index is 13.1. The molecule has 0 saturated carbocycles. The molecule has 1 nitrogen and oxygen atoms in total. The van der Waals surface area contributed by atoms with E-state index in [4.69, 9.17) is 5.73 Å². The Morgan fingerprint density at radius 3 is 2.43 bits per heavy atom. The normalized spacial score (nSPS) is 11.8. The van der Waals surface area contributed by atoms with Gasteiger partial charge in [-0.3, -0.25) is 0 Å². The average Bonchev–Trinajstić information content (AvgIpc) is 2.01. The van der Waals surface area contributed by atoms with Gasteiger partial charge in [0.1, 0.15) is 5.82 Å². The molecule has 0 bridgehead atoms. The molecule has 1 rings (SSSR count). The monoisotopic (exact) mass is 195 g/mol. The molecule has 0 fully saturated rings. The standard InChI is InChI=1S/C12H18FN/c1-9-4-10(6-11(13)5-9)7-12(2,3)8-14/h4-6H,7-8,14H2,1-3H3. The van der Waals surface area contributed by atoms with Crippen molar-refractivity contribution in [2.45, 2.75) is 27.2 Å². The SMILES string of the molecule is Cc1cc(F)cc(CC(C)(C)CN)c1. The molecule has 2 N–H and O–H groups in total. The van der Waals surface area contributed by atoms with Crippen LogP contribution >= 0.6 is 0 Å². The lowest BCUT2D eigenvalue weighted by Gasteiger charge is -2.22. The van der Waals surface area contributed by atoms with Gasteiger partial charge in [-0.05, 0) is 48.6 Å². The van der Waals surface area contributed by atoms with Gasteiger partial charge in [0.15, 0.2) is 0 Å². The molecule has 0 radical (unpaired) electrons. The third-order valence-corrected chi connectivity index (χ3v) is 2.34. The first-order valence-electron chi connectivity index (χ1n) is 4.89. The molecule has 0 spiro atoms. The van der Waals surface area contributed by atoms with Gasteiger partial charge in [-0.25, -0.2) is 4.39 Å². The van der Waals surface area contributed by atoms with Crippen LogP contribution in [0, 0.1) is 18.2 Å². The summed E-state index contributed by atoms with van der Waals surface area (Å²) in [5.74, 6) is -0.159. The highest BCUT2D eigenvalue weighted by Gasteiger charge is 2.16. The number of rotatable bonds is 3. The fourth-order valence-corrected chi connectivity index (χ4v) is 1.54. The summed E-state index contributed by atoms with van der Waals surface area (Å²) in [7, 11) is 0. The van der Waals surface area contributed by atoms with Crippen LogP contribution in [0.25, 0.3) is 0 Å². The summed E-state index contributed by atoms with van der Waals surface area (Å²) in [6, 6.07) is 5.14. The van der Waals surface area contributed by atoms with Crippen molar-refractivity contribution in [3.8, 4) is 0 Å². The highest BCUT2D eigenvalue weighted by Crippen LogP contribution is 2.21. The van der Waals surface area contributed by atoms with Crippen LogP contribution in [-0.2, 0) is 6.42 Å². The fourth-order valence-electron chi connectivity index (χ4n) is 1.54. The van der Waals surface area contributed by atoms with Crippen molar-refractivity contribution < 1.29 is 4.39 Å². The topological polar surface area (TPSA) is 26.0 Å². The molecule has 0 aromatic heterocycles. The number of hydrogen-bond acceptors (Lipinski definition) is 1. The van der Waals surface area contributed by atoms with E-state index in [1.54, 1.807) is 12.1 Å². The summed E-state index contributed by atoms with van der Waals surface area (Å²) in [4.78, 5) is 0. The van der Waals surface area contributed by atoms with E-state index >= 15 is 0 Å². The van der Waals surface area contributed by atoms with Gasteiger partial charge in [0.2, 0.25) is 0 Å². The smallest absolute Gasteiger partial charge is 0.123 e. The van der Waals surface area contributed by atoms with Crippen molar-refractivity contribution in [3.63, 3.8) is 0 Å². The van der Waals surface area contributed by atoms with Crippen LogP contribution in [0.15, 0.2) is 18.2 Å². The largest absolute Gasteiger partial charge is 0.330 e. The summed E-state index contributed by atoms with van der Waals surface area (Å²) in [6.07, 6.45) is 0.822. The van der Waals surface area contributed by atoms with Gasteiger partial charge in [0, 0.05) is 0 Å². The molecule has 0 amide bonds. The number of hydrogen-bond donors (Lipinski definition) is 1. The van der Waals surface area contributed by atoms with Crippen molar-refractivity contribution in [1.29, 1.82) is 0 Å². The van der Waals surface area contributed by atoms with E-state index in [2.05, 4.69) is 13.8 Å². The Labute approximate surface area is 85.1 Å². The molecule has 14 heavy (non-hydrogen) atoms. The zero-order chi connectivity index (χ0) is 10.8. The summed E-state index contributed by atoms with van der Waals surface area (Å²) in [6.45, 7) is 6.70. The number of aryl methyl sites for hydroxylation is 1. The maximum absolute atomic E-state index is 13.1. The average molecular weight is 195 g/mol. The van der Waals surface area contributed by atoms with E-state index in [-0.39, 0.29) is 11.2 Å². The molecule has 0 aliphatic rings. The second-order valence-corrected chi connectivity index (χ2v) is 4.68. The van der Waals surface area contributed by atoms with Gasteiger partial charge in [0.25, 0.3) is 0 Å². The van der Waals surface area contributed by atoms with Crippen LogP contribution in [0.1, 0.15) is 25.0 Å². The Kier molecular flexibility index (Phi) is 3.27. The quantitative estimate of drug-likeness (QED) is 0.788. The van der Waals surface area contributed by atoms with Gasteiger partial charge in [0.05, 0.1) is 0 Å². The third kappa shape index (κ3) is 3.11. The first-order chi connectivity index (χ1) is 6.43. The van der Waals surface area contributed by atoms with Crippen molar-refractivity contribution in [2.24, 2.45) is 11.1 Å². The van der Waals surface area contributed by atoms with Gasteiger partial charge < -0.3 is 5.73 Å². The molecule has 1 aromatic rings. The molecule has 78 valence electrons. The summed E-state index contributed by atoms with van der Waals surface area (Å²) in [5.41, 5.74) is 7.67. The molecule has 0 unspecified atom stereocenters. The highest BCUT2D eigenvalue weighted by atomic mass is 19.1. The molecule has 0 atom stereocenters. The van der Waals surface area contributed by atoms with Gasteiger partial charge in [-0.2, -0.15) is 0 Å². The minimum absolute atomic E-state index is 0.0419. The lowest BCUT2D eigenvalue weighted by Crippen LogP contribution is -2.25. The van der Waals surface area contributed by atoms with Crippen LogP contribution in [-0.4, -0.2) is 6.54 Å². The molecule has 0 aliphatic heterocycles. The van der Waals surface area contributed by atoms with Crippen LogP contribution < -0.4 is 5.73 Å². The molecule has 2 heteroatoms. The molecule has 1 aromatic carbocycles. The lowest BCUT2D eigenvalue weighted by molar-refractivity contribution is 0.376. The van der Waals surface area contributed by atoms with E-state index in [0.717, 1.165) is 17.5 Å². The van der Waals surface area contributed by atoms with Crippen molar-refractivity contribution in [3.05, 3.63) is 35.1 Å². The zero-order valence-corrected chi connectivity index (χ0v) is 9.10. The van der Waals surface area contributed by atoms with Crippen LogP contribution in [0.5, 0.6) is 0 Å². The van der Waals surface area contributed by atoms with E-state index in [9.17, 15) is 4.39 Å². The predicted molar refractivity (Wildman–Crippen MR) is 57.7 cm³/mol. The Morgan fingerprint density at radius 2 is 1.93 bits per heavy atom. The molecule has 0 saturated heterocycles. The minimum atomic E-state index is -0.159. The molecular formula is C12H18FN. The molecular weight excluding hydrogens is 177 g/mol. The number of benzene rings is 1. The number of halogens is 1. The zero-order valence-electron chi connectivity index (χ0n) is 9.10. The summed E-state index contributed by atoms with van der Waals surface area (Å²) in [5, 5.41) is 0. The first kappa shape index (κ1) is 11.2. The Bertz CT molecular complexity index is 298. The number of nitrogens with two attached hydrogens (primary N) is 1. The summed E-state index contributed by atoms with van der Waals surface area (Å²) < 4.78 is 13.1. The van der Waals surface area contributed by atoms with Crippen molar-refractivity contribution >= 4 is 0 Å². The van der Waals surface area contributed by atoms with Crippen molar-refractivity contribution in [2.75, 3.05) is 6.54 Å². The Morgan fingerprint density at radius 1 is 1.29 bits per heavy atom. The molecule has 0 aliphatic carbocycles. The highest BCUT2D eigenvalue weighted by molar-refractivity contribution is 5.24. The van der Waals surface area contributed by atoms with Gasteiger partial charge in [-0.1, -0.05) is 19.9 Å². The minimum Gasteiger partial charge on any atom is -0.330 e. The van der Waals surface area contributed by atoms with E-state index in [0.29, 0.717) is 6.54 Å². The second kappa shape index (κ2) is 4.09. The van der Waals surface area contributed by atoms with Crippen LogP contribution in [0.3, 0.4) is 0 Å². The maximum Gasteiger partial charge on any atom is 0.123 e. The van der Waals surface area contributed by atoms with Crippen molar-refractivity contribution in [1.82, 2.24) is 0 Å². The van der Waals surface area contributed by atoms with Gasteiger partial charge in [-0.15, -0.1) is 0 Å². The second-order valence-electron chi connectivity index (χ2n) is 4.68. The fraction of sp³-hybridized carbons (Fsp3) is 0.500. The molecule has 0 heterocycles. The predicted octanol–water partition coefficient (Wildman–Crippen LogP) is 2.66. The Balaban J connectivity index is 2.87. The first-order valence-corrected chi connectivity index (χ1v) is 4.89. The third-order valence-electron chi connectivity index (χ3n) is 2.34. The lowest BCUT2D eigenvalue weighted by atomic mass is 9.85. The van der Waals surface area contributed by atoms with Crippen LogP contribution in [0.2, 0.25) is 0 Å².